The monoisotopic (exact) mass is 278 g/mol. The number of carboxylic acid groups (broad SMARTS) is 1. The van der Waals surface area contributed by atoms with E-state index in [9.17, 15) is 4.79 Å². The molecule has 0 unspecified atom stereocenters. The largest absolute Gasteiger partial charge is 0.492 e. The first kappa shape index (κ1) is 16.1. The Morgan fingerprint density at radius 2 is 2.10 bits per heavy atom. The molecule has 0 spiro atoms. The molecule has 0 amide bonds. The minimum Gasteiger partial charge on any atom is -0.492 e. The quantitative estimate of drug-likeness (QED) is 0.552. The summed E-state index contributed by atoms with van der Waals surface area (Å²) in [7, 11) is 1.55. The Balaban J connectivity index is 2.70. The van der Waals surface area contributed by atoms with Crippen molar-refractivity contribution in [3.8, 4) is 11.5 Å². The lowest BCUT2D eigenvalue weighted by molar-refractivity contribution is -0.131. The van der Waals surface area contributed by atoms with Gasteiger partial charge in [-0.25, -0.2) is 4.79 Å². The van der Waals surface area contributed by atoms with E-state index in [-0.39, 0.29) is 0 Å². The van der Waals surface area contributed by atoms with E-state index in [2.05, 4.69) is 6.92 Å². The van der Waals surface area contributed by atoms with Crippen LogP contribution < -0.4 is 9.47 Å². The van der Waals surface area contributed by atoms with Crippen molar-refractivity contribution < 1.29 is 19.4 Å². The lowest BCUT2D eigenvalue weighted by Gasteiger charge is -2.12. The highest BCUT2D eigenvalue weighted by Crippen LogP contribution is 2.32. The third kappa shape index (κ3) is 5.34. The van der Waals surface area contributed by atoms with E-state index < -0.39 is 5.97 Å². The summed E-state index contributed by atoms with van der Waals surface area (Å²) < 4.78 is 11.0. The Hall–Kier alpha value is -1.97. The smallest absolute Gasteiger partial charge is 0.328 e. The minimum atomic E-state index is -0.988. The first-order valence-corrected chi connectivity index (χ1v) is 6.89. The van der Waals surface area contributed by atoms with E-state index in [4.69, 9.17) is 14.6 Å². The summed E-state index contributed by atoms with van der Waals surface area (Å²) in [4.78, 5) is 10.6. The molecule has 0 saturated carbocycles. The summed E-state index contributed by atoms with van der Waals surface area (Å²) in [5.74, 6) is 0.231. The zero-order valence-corrected chi connectivity index (χ0v) is 12.1. The summed E-state index contributed by atoms with van der Waals surface area (Å²) in [5, 5.41) is 8.67. The summed E-state index contributed by atoms with van der Waals surface area (Å²) in [6.45, 7) is 2.81. The van der Waals surface area contributed by atoms with Gasteiger partial charge in [-0.2, -0.15) is 0 Å². The fourth-order valence-corrected chi connectivity index (χ4v) is 1.87. The highest BCUT2D eigenvalue weighted by Gasteiger charge is 2.08. The third-order valence-electron chi connectivity index (χ3n) is 2.87. The predicted octanol–water partition coefficient (Wildman–Crippen LogP) is 3.75. The van der Waals surface area contributed by atoms with Crippen LogP contribution in [0.1, 0.15) is 38.2 Å². The van der Waals surface area contributed by atoms with Gasteiger partial charge in [-0.05, 0) is 18.6 Å². The Bertz CT molecular complexity index is 452. The Morgan fingerprint density at radius 1 is 1.30 bits per heavy atom. The summed E-state index contributed by atoms with van der Waals surface area (Å²) in [6.07, 6.45) is 7.15. The van der Waals surface area contributed by atoms with E-state index in [1.54, 1.807) is 13.2 Å². The van der Waals surface area contributed by atoms with E-state index in [0.29, 0.717) is 23.7 Å². The fourth-order valence-electron chi connectivity index (χ4n) is 1.87. The van der Waals surface area contributed by atoms with Gasteiger partial charge >= 0.3 is 5.97 Å². The second kappa shape index (κ2) is 9.02. The van der Waals surface area contributed by atoms with Gasteiger partial charge in [-0.15, -0.1) is 0 Å². The van der Waals surface area contributed by atoms with Crippen LogP contribution in [0.4, 0.5) is 0 Å². The molecule has 0 heterocycles. The molecule has 0 aliphatic heterocycles. The van der Waals surface area contributed by atoms with Gasteiger partial charge in [0.15, 0.2) is 11.5 Å². The number of benzene rings is 1. The van der Waals surface area contributed by atoms with Crippen LogP contribution in [0.5, 0.6) is 11.5 Å². The highest BCUT2D eigenvalue weighted by atomic mass is 16.5. The van der Waals surface area contributed by atoms with Crippen LogP contribution in [0.25, 0.3) is 6.08 Å². The molecule has 0 atom stereocenters. The number of hydrogen-bond acceptors (Lipinski definition) is 3. The van der Waals surface area contributed by atoms with Gasteiger partial charge in [0.25, 0.3) is 0 Å². The topological polar surface area (TPSA) is 55.8 Å². The normalized spacial score (nSPS) is 10.7. The molecule has 110 valence electrons. The molecule has 1 N–H and O–H groups in total. The molecule has 0 radical (unpaired) electrons. The molecular weight excluding hydrogens is 256 g/mol. The molecule has 1 aromatic carbocycles. The maximum atomic E-state index is 10.6. The van der Waals surface area contributed by atoms with E-state index >= 15 is 0 Å². The number of carbonyl (C=O) groups is 1. The van der Waals surface area contributed by atoms with Crippen LogP contribution in [-0.4, -0.2) is 24.8 Å². The van der Waals surface area contributed by atoms with Crippen LogP contribution in [0.15, 0.2) is 24.3 Å². The van der Waals surface area contributed by atoms with Gasteiger partial charge in [0.2, 0.25) is 0 Å². The van der Waals surface area contributed by atoms with Crippen molar-refractivity contribution in [2.24, 2.45) is 0 Å². The number of rotatable bonds is 9. The van der Waals surface area contributed by atoms with Crippen molar-refractivity contribution in [1.29, 1.82) is 0 Å². The lowest BCUT2D eigenvalue weighted by atomic mass is 10.1. The van der Waals surface area contributed by atoms with Gasteiger partial charge in [0, 0.05) is 11.6 Å². The molecule has 0 aliphatic rings. The van der Waals surface area contributed by atoms with Crippen molar-refractivity contribution in [2.75, 3.05) is 13.7 Å². The van der Waals surface area contributed by atoms with E-state index in [0.717, 1.165) is 18.9 Å². The van der Waals surface area contributed by atoms with Gasteiger partial charge in [0.1, 0.15) is 0 Å². The number of methoxy groups -OCH3 is 1. The van der Waals surface area contributed by atoms with Gasteiger partial charge in [-0.1, -0.05) is 38.3 Å². The van der Waals surface area contributed by atoms with E-state index in [1.165, 1.54) is 18.9 Å². The average molecular weight is 278 g/mol. The predicted molar refractivity (Wildman–Crippen MR) is 79.3 cm³/mol. The van der Waals surface area contributed by atoms with Crippen molar-refractivity contribution >= 4 is 12.0 Å². The SMILES string of the molecule is CCCCCCOc1cccc(/C=C/C(=O)O)c1OC. The highest BCUT2D eigenvalue weighted by molar-refractivity contribution is 5.86. The molecule has 1 aromatic rings. The number of para-hydroxylation sites is 1. The number of ether oxygens (including phenoxy) is 2. The lowest BCUT2D eigenvalue weighted by Crippen LogP contribution is -2.00. The molecule has 0 fully saturated rings. The maximum absolute atomic E-state index is 10.6. The van der Waals surface area contributed by atoms with Crippen LogP contribution in [0.3, 0.4) is 0 Å². The molecule has 0 saturated heterocycles. The molecular formula is C16H22O4. The van der Waals surface area contributed by atoms with Gasteiger partial charge in [-0.3, -0.25) is 0 Å². The Kier molecular flexibility index (Phi) is 7.25. The van der Waals surface area contributed by atoms with Crippen molar-refractivity contribution in [1.82, 2.24) is 0 Å². The molecule has 0 aliphatic carbocycles. The van der Waals surface area contributed by atoms with Crippen LogP contribution >= 0.6 is 0 Å². The molecule has 0 aromatic heterocycles. The number of unbranched alkanes of at least 4 members (excludes halogenated alkanes) is 3. The summed E-state index contributed by atoms with van der Waals surface area (Å²) in [5.41, 5.74) is 0.695. The molecule has 4 heteroatoms. The number of hydrogen-bond donors (Lipinski definition) is 1. The number of carboxylic acids is 1. The van der Waals surface area contributed by atoms with Crippen LogP contribution in [0.2, 0.25) is 0 Å². The van der Waals surface area contributed by atoms with E-state index in [1.807, 2.05) is 12.1 Å². The molecule has 20 heavy (non-hydrogen) atoms. The molecule has 4 nitrogen and oxygen atoms in total. The third-order valence-corrected chi connectivity index (χ3v) is 2.87. The number of aliphatic carboxylic acids is 1. The minimum absolute atomic E-state index is 0.570. The van der Waals surface area contributed by atoms with Crippen molar-refractivity contribution in [3.63, 3.8) is 0 Å². The Morgan fingerprint density at radius 3 is 2.75 bits per heavy atom. The van der Waals surface area contributed by atoms with Gasteiger partial charge < -0.3 is 14.6 Å². The summed E-state index contributed by atoms with van der Waals surface area (Å²) in [6, 6.07) is 5.45. The average Bonchev–Trinajstić information content (AvgIpc) is 2.44. The van der Waals surface area contributed by atoms with Crippen LogP contribution in [-0.2, 0) is 4.79 Å². The Labute approximate surface area is 120 Å². The zero-order valence-electron chi connectivity index (χ0n) is 12.1. The first-order chi connectivity index (χ1) is 9.69. The second-order valence-electron chi connectivity index (χ2n) is 4.46. The van der Waals surface area contributed by atoms with Crippen molar-refractivity contribution in [2.45, 2.75) is 32.6 Å². The fraction of sp³-hybridized carbons (Fsp3) is 0.438. The maximum Gasteiger partial charge on any atom is 0.328 e. The zero-order chi connectivity index (χ0) is 14.8. The molecule has 1 rings (SSSR count). The second-order valence-corrected chi connectivity index (χ2v) is 4.46. The van der Waals surface area contributed by atoms with Crippen LogP contribution in [0, 0.1) is 0 Å². The standard InChI is InChI=1S/C16H22O4/c1-3-4-5-6-12-20-14-9-7-8-13(16(14)19-2)10-11-15(17)18/h7-11H,3-6,12H2,1-2H3,(H,17,18)/b11-10+. The van der Waals surface area contributed by atoms with Gasteiger partial charge in [0.05, 0.1) is 13.7 Å². The summed E-state index contributed by atoms with van der Waals surface area (Å²) >= 11 is 0. The molecule has 0 bridgehead atoms. The van der Waals surface area contributed by atoms with Crippen molar-refractivity contribution in [3.05, 3.63) is 29.8 Å². The first-order valence-electron chi connectivity index (χ1n) is 6.89.